The van der Waals surface area contributed by atoms with E-state index in [1.807, 2.05) is 30.3 Å². The smallest absolute Gasteiger partial charge is 0.315 e. The largest absolute Gasteiger partial charge is 0.322 e. The van der Waals surface area contributed by atoms with Gasteiger partial charge < -0.3 is 15.5 Å². The molecule has 3 aromatic carbocycles. The zero-order valence-electron chi connectivity index (χ0n) is 19.2. The van der Waals surface area contributed by atoms with Gasteiger partial charge >= 0.3 is 6.03 Å². The molecule has 2 N–H and O–H groups in total. The number of halogens is 3. The molecular weight excluding hydrogens is 504 g/mol. The van der Waals surface area contributed by atoms with Crippen molar-refractivity contribution in [2.24, 2.45) is 0 Å². The lowest BCUT2D eigenvalue weighted by Crippen LogP contribution is -2.40. The molecule has 4 aromatic rings. The number of anilines is 2. The summed E-state index contributed by atoms with van der Waals surface area (Å²) >= 11 is 12.2. The fourth-order valence-electron chi connectivity index (χ4n) is 3.48. The zero-order chi connectivity index (χ0) is 25.7. The highest BCUT2D eigenvalue weighted by Crippen LogP contribution is 2.30. The van der Waals surface area contributed by atoms with E-state index in [1.165, 1.54) is 21.7 Å². The predicted octanol–water partition coefficient (Wildman–Crippen LogP) is 6.48. The summed E-state index contributed by atoms with van der Waals surface area (Å²) in [6.07, 6.45) is 0. The van der Waals surface area contributed by atoms with Gasteiger partial charge in [0.1, 0.15) is 18.2 Å². The van der Waals surface area contributed by atoms with Gasteiger partial charge in [-0.05, 0) is 43.3 Å². The number of hydrogen-bond donors (Lipinski definition) is 2. The van der Waals surface area contributed by atoms with E-state index < -0.39 is 11.9 Å². The van der Waals surface area contributed by atoms with Crippen molar-refractivity contribution in [3.8, 4) is 16.9 Å². The number of nitrogens with zero attached hydrogens (tertiary/aromatic N) is 3. The summed E-state index contributed by atoms with van der Waals surface area (Å²) in [6, 6.07) is 21.3. The third-order valence-electron chi connectivity index (χ3n) is 5.31. The van der Waals surface area contributed by atoms with E-state index >= 15 is 0 Å². The number of nitrogens with one attached hydrogen (secondary N) is 2. The first-order valence-electron chi connectivity index (χ1n) is 11.1. The molecule has 0 atom stereocenters. The standard InChI is InChI=1S/C26H22Cl2FN5O2/c1-2-33(26(36)30-21-10-6-9-20(27)25(21)28)16-24(35)31-23-15-22(17-7-4-3-5-8-17)32-34(23)19-13-11-18(29)12-14-19/h3-15H,2,16H2,1H3,(H,30,36)(H,31,35). The Morgan fingerprint density at radius 3 is 2.39 bits per heavy atom. The second-order valence-corrected chi connectivity index (χ2v) is 8.55. The van der Waals surface area contributed by atoms with E-state index in [-0.39, 0.29) is 23.9 Å². The molecule has 10 heteroatoms. The van der Waals surface area contributed by atoms with E-state index in [2.05, 4.69) is 15.7 Å². The highest BCUT2D eigenvalue weighted by atomic mass is 35.5. The Balaban J connectivity index is 1.54. The first kappa shape index (κ1) is 25.2. The molecule has 4 rings (SSSR count). The molecule has 0 unspecified atom stereocenters. The third kappa shape index (κ3) is 5.84. The molecule has 1 heterocycles. The zero-order valence-corrected chi connectivity index (χ0v) is 20.7. The van der Waals surface area contributed by atoms with Crippen molar-refractivity contribution in [1.82, 2.24) is 14.7 Å². The number of rotatable bonds is 7. The van der Waals surface area contributed by atoms with Crippen LogP contribution in [0, 0.1) is 5.82 Å². The van der Waals surface area contributed by atoms with Crippen molar-refractivity contribution < 1.29 is 14.0 Å². The van der Waals surface area contributed by atoms with Crippen LogP contribution in [0.3, 0.4) is 0 Å². The Hall–Kier alpha value is -3.88. The van der Waals surface area contributed by atoms with Crippen LogP contribution in [0.1, 0.15) is 6.92 Å². The van der Waals surface area contributed by atoms with E-state index in [0.717, 1.165) is 5.56 Å². The maximum absolute atomic E-state index is 13.5. The Bertz CT molecular complexity index is 1380. The van der Waals surface area contributed by atoms with Crippen LogP contribution in [-0.4, -0.2) is 39.7 Å². The molecule has 0 spiro atoms. The molecule has 3 amide bonds. The molecular formula is C26H22Cl2FN5O2. The van der Waals surface area contributed by atoms with Crippen molar-refractivity contribution in [2.75, 3.05) is 23.7 Å². The Labute approximate surface area is 217 Å². The molecule has 0 bridgehead atoms. The maximum Gasteiger partial charge on any atom is 0.322 e. The SMILES string of the molecule is CCN(CC(=O)Nc1cc(-c2ccccc2)nn1-c1ccc(F)cc1)C(=O)Nc1cccc(Cl)c1Cl. The van der Waals surface area contributed by atoms with Gasteiger partial charge in [0, 0.05) is 18.2 Å². The minimum Gasteiger partial charge on any atom is -0.315 e. The Morgan fingerprint density at radius 1 is 0.972 bits per heavy atom. The first-order chi connectivity index (χ1) is 17.4. The Kier molecular flexibility index (Phi) is 7.87. The van der Waals surface area contributed by atoms with Gasteiger partial charge in [-0.3, -0.25) is 4.79 Å². The van der Waals surface area contributed by atoms with Gasteiger partial charge in [0.2, 0.25) is 5.91 Å². The second-order valence-electron chi connectivity index (χ2n) is 7.76. The molecule has 0 radical (unpaired) electrons. The molecule has 0 aliphatic carbocycles. The highest BCUT2D eigenvalue weighted by molar-refractivity contribution is 6.44. The Morgan fingerprint density at radius 2 is 1.69 bits per heavy atom. The lowest BCUT2D eigenvalue weighted by Gasteiger charge is -2.21. The van der Waals surface area contributed by atoms with Gasteiger partial charge in [0.15, 0.2) is 0 Å². The van der Waals surface area contributed by atoms with E-state index in [0.29, 0.717) is 27.9 Å². The quantitative estimate of drug-likeness (QED) is 0.290. The fourth-order valence-corrected chi connectivity index (χ4v) is 3.82. The van der Waals surface area contributed by atoms with Crippen LogP contribution < -0.4 is 10.6 Å². The fraction of sp³-hybridized carbons (Fsp3) is 0.115. The van der Waals surface area contributed by atoms with Gasteiger partial charge in [0.05, 0.1) is 27.1 Å². The number of benzene rings is 3. The van der Waals surface area contributed by atoms with Crippen molar-refractivity contribution in [2.45, 2.75) is 6.92 Å². The van der Waals surface area contributed by atoms with Crippen LogP contribution in [0.4, 0.5) is 20.7 Å². The molecule has 1 aromatic heterocycles. The highest BCUT2D eigenvalue weighted by Gasteiger charge is 2.20. The van der Waals surface area contributed by atoms with Crippen LogP contribution >= 0.6 is 23.2 Å². The second kappa shape index (κ2) is 11.2. The summed E-state index contributed by atoms with van der Waals surface area (Å²) < 4.78 is 15.0. The monoisotopic (exact) mass is 525 g/mol. The van der Waals surface area contributed by atoms with Crippen LogP contribution in [0.5, 0.6) is 0 Å². The van der Waals surface area contributed by atoms with Crippen LogP contribution in [0.15, 0.2) is 78.9 Å². The molecule has 0 saturated carbocycles. The summed E-state index contributed by atoms with van der Waals surface area (Å²) in [5.41, 5.74) is 2.38. The lowest BCUT2D eigenvalue weighted by atomic mass is 10.1. The predicted molar refractivity (Wildman–Crippen MR) is 140 cm³/mol. The lowest BCUT2D eigenvalue weighted by molar-refractivity contribution is -0.116. The van der Waals surface area contributed by atoms with E-state index in [1.54, 1.807) is 43.3 Å². The van der Waals surface area contributed by atoms with Crippen LogP contribution in [-0.2, 0) is 4.79 Å². The molecule has 0 fully saturated rings. The topological polar surface area (TPSA) is 79.3 Å². The number of amides is 3. The number of hydrogen-bond acceptors (Lipinski definition) is 3. The summed E-state index contributed by atoms with van der Waals surface area (Å²) in [7, 11) is 0. The molecule has 0 aliphatic heterocycles. The van der Waals surface area contributed by atoms with Crippen LogP contribution in [0.25, 0.3) is 16.9 Å². The number of carbonyl (C=O) groups is 2. The molecule has 0 aliphatic rings. The summed E-state index contributed by atoms with van der Waals surface area (Å²) in [4.78, 5) is 27.1. The molecule has 7 nitrogen and oxygen atoms in total. The number of carbonyl (C=O) groups excluding carboxylic acids is 2. The first-order valence-corrected chi connectivity index (χ1v) is 11.8. The summed E-state index contributed by atoms with van der Waals surface area (Å²) in [5, 5.41) is 10.6. The normalized spacial score (nSPS) is 10.7. The average molecular weight is 526 g/mol. The number of likely N-dealkylation sites (N-methyl/N-ethyl adjacent to an activating group) is 1. The van der Waals surface area contributed by atoms with Crippen molar-refractivity contribution in [3.05, 3.63) is 94.7 Å². The molecule has 184 valence electrons. The third-order valence-corrected chi connectivity index (χ3v) is 6.13. The van der Waals surface area contributed by atoms with Crippen LogP contribution in [0.2, 0.25) is 10.0 Å². The maximum atomic E-state index is 13.5. The van der Waals surface area contributed by atoms with E-state index in [4.69, 9.17) is 23.2 Å². The average Bonchev–Trinajstić information content (AvgIpc) is 3.29. The minimum atomic E-state index is -0.506. The summed E-state index contributed by atoms with van der Waals surface area (Å²) in [6.45, 7) is 1.79. The number of aromatic nitrogens is 2. The van der Waals surface area contributed by atoms with Gasteiger partial charge in [0.25, 0.3) is 0 Å². The number of urea groups is 1. The van der Waals surface area contributed by atoms with Crippen molar-refractivity contribution >= 4 is 46.6 Å². The van der Waals surface area contributed by atoms with Gasteiger partial charge in [-0.15, -0.1) is 0 Å². The molecule has 36 heavy (non-hydrogen) atoms. The minimum absolute atomic E-state index is 0.213. The van der Waals surface area contributed by atoms with Gasteiger partial charge in [-0.25, -0.2) is 13.9 Å². The van der Waals surface area contributed by atoms with Crippen molar-refractivity contribution in [1.29, 1.82) is 0 Å². The van der Waals surface area contributed by atoms with Gasteiger partial charge in [-0.1, -0.05) is 59.6 Å². The molecule has 0 saturated heterocycles. The summed E-state index contributed by atoms with van der Waals surface area (Å²) in [5.74, 6) is -0.448. The van der Waals surface area contributed by atoms with Crippen molar-refractivity contribution in [3.63, 3.8) is 0 Å². The van der Waals surface area contributed by atoms with E-state index in [9.17, 15) is 14.0 Å². The van der Waals surface area contributed by atoms with Gasteiger partial charge in [-0.2, -0.15) is 5.10 Å².